The second-order valence-corrected chi connectivity index (χ2v) is 7.85. The minimum atomic E-state index is -3.93. The molecule has 0 atom stereocenters. The third-order valence-electron chi connectivity index (χ3n) is 4.11. The Labute approximate surface area is 158 Å². The number of benzene rings is 2. The molecule has 0 unspecified atom stereocenters. The lowest BCUT2D eigenvalue weighted by Gasteiger charge is -2.25. The predicted octanol–water partition coefficient (Wildman–Crippen LogP) is 3.93. The van der Waals surface area contributed by atoms with Gasteiger partial charge in [0, 0.05) is 18.5 Å². The monoisotopic (exact) mass is 386 g/mol. The molecular formula is C20H19FN2O3S. The van der Waals surface area contributed by atoms with E-state index >= 15 is 0 Å². The molecule has 0 saturated heterocycles. The van der Waals surface area contributed by atoms with Crippen molar-refractivity contribution in [3.8, 4) is 5.75 Å². The second-order valence-electron chi connectivity index (χ2n) is 5.99. The molecule has 3 rings (SSSR count). The molecule has 0 spiro atoms. The quantitative estimate of drug-likeness (QED) is 0.644. The number of aryl methyl sites for hydroxylation is 1. The van der Waals surface area contributed by atoms with Gasteiger partial charge >= 0.3 is 0 Å². The van der Waals surface area contributed by atoms with Gasteiger partial charge in [0.05, 0.1) is 24.2 Å². The zero-order chi connectivity index (χ0) is 19.4. The summed E-state index contributed by atoms with van der Waals surface area (Å²) in [7, 11) is -2.42. The molecule has 7 heteroatoms. The molecule has 0 amide bonds. The standard InChI is InChI=1S/C20H19FN2O3S/c1-15-11-19(8-9-20(15)21)27(24,25)23(14-16-5-4-10-22-13-16)17-6-3-7-18(12-17)26-2/h3-13H,14H2,1-2H3. The van der Waals surface area contributed by atoms with Crippen LogP contribution in [0.25, 0.3) is 0 Å². The highest BCUT2D eigenvalue weighted by Crippen LogP contribution is 2.29. The number of pyridine rings is 1. The van der Waals surface area contributed by atoms with Gasteiger partial charge < -0.3 is 4.74 Å². The van der Waals surface area contributed by atoms with Crippen LogP contribution in [-0.4, -0.2) is 20.5 Å². The summed E-state index contributed by atoms with van der Waals surface area (Å²) >= 11 is 0. The van der Waals surface area contributed by atoms with Gasteiger partial charge in [0.1, 0.15) is 11.6 Å². The topological polar surface area (TPSA) is 59.5 Å². The van der Waals surface area contributed by atoms with E-state index < -0.39 is 15.8 Å². The smallest absolute Gasteiger partial charge is 0.264 e. The summed E-state index contributed by atoms with van der Waals surface area (Å²) in [5, 5.41) is 0. The van der Waals surface area contributed by atoms with Gasteiger partial charge in [-0.25, -0.2) is 12.8 Å². The van der Waals surface area contributed by atoms with Gasteiger partial charge in [0.25, 0.3) is 10.0 Å². The molecular weight excluding hydrogens is 367 g/mol. The van der Waals surface area contributed by atoms with Crippen molar-refractivity contribution in [3.63, 3.8) is 0 Å². The van der Waals surface area contributed by atoms with E-state index in [1.54, 1.807) is 48.8 Å². The fourth-order valence-electron chi connectivity index (χ4n) is 2.64. The molecule has 27 heavy (non-hydrogen) atoms. The van der Waals surface area contributed by atoms with E-state index in [1.807, 2.05) is 0 Å². The zero-order valence-electron chi connectivity index (χ0n) is 15.0. The SMILES string of the molecule is COc1cccc(N(Cc2cccnc2)S(=O)(=O)c2ccc(F)c(C)c2)c1. The molecule has 5 nitrogen and oxygen atoms in total. The van der Waals surface area contributed by atoms with Crippen molar-refractivity contribution in [2.45, 2.75) is 18.4 Å². The first-order valence-electron chi connectivity index (χ1n) is 8.23. The maximum atomic E-state index is 13.6. The predicted molar refractivity (Wildman–Crippen MR) is 102 cm³/mol. The van der Waals surface area contributed by atoms with E-state index in [1.165, 1.54) is 30.5 Å². The Morgan fingerprint density at radius 3 is 2.59 bits per heavy atom. The summed E-state index contributed by atoms with van der Waals surface area (Å²) < 4.78 is 46.8. The zero-order valence-corrected chi connectivity index (χ0v) is 15.8. The Hall–Kier alpha value is -2.93. The third kappa shape index (κ3) is 4.09. The number of hydrogen-bond acceptors (Lipinski definition) is 4. The first-order valence-corrected chi connectivity index (χ1v) is 9.67. The first kappa shape index (κ1) is 18.8. The molecule has 2 aromatic carbocycles. The Bertz CT molecular complexity index is 1040. The molecule has 0 fully saturated rings. The van der Waals surface area contributed by atoms with Crippen LogP contribution < -0.4 is 9.04 Å². The van der Waals surface area contributed by atoms with Gasteiger partial charge in [-0.15, -0.1) is 0 Å². The van der Waals surface area contributed by atoms with Gasteiger partial charge in [-0.3, -0.25) is 9.29 Å². The number of methoxy groups -OCH3 is 1. The number of hydrogen-bond donors (Lipinski definition) is 0. The van der Waals surface area contributed by atoms with Crippen molar-refractivity contribution in [2.24, 2.45) is 0 Å². The number of aromatic nitrogens is 1. The summed E-state index contributed by atoms with van der Waals surface area (Å²) in [6.07, 6.45) is 3.23. The Morgan fingerprint density at radius 1 is 1.11 bits per heavy atom. The van der Waals surface area contributed by atoms with E-state index in [4.69, 9.17) is 4.74 Å². The molecule has 0 aliphatic carbocycles. The van der Waals surface area contributed by atoms with E-state index in [0.29, 0.717) is 11.4 Å². The second kappa shape index (κ2) is 7.75. The van der Waals surface area contributed by atoms with Gasteiger partial charge in [-0.05, 0) is 54.4 Å². The summed E-state index contributed by atoms with van der Waals surface area (Å²) in [5.74, 6) is 0.0864. The lowest BCUT2D eigenvalue weighted by atomic mass is 10.2. The van der Waals surface area contributed by atoms with Crippen LogP contribution in [0.2, 0.25) is 0 Å². The molecule has 3 aromatic rings. The van der Waals surface area contributed by atoms with E-state index in [-0.39, 0.29) is 17.0 Å². The average molecular weight is 386 g/mol. The third-order valence-corrected chi connectivity index (χ3v) is 5.88. The molecule has 1 heterocycles. The minimum Gasteiger partial charge on any atom is -0.497 e. The van der Waals surface area contributed by atoms with E-state index in [0.717, 1.165) is 11.6 Å². The van der Waals surface area contributed by atoms with Crippen molar-refractivity contribution in [1.29, 1.82) is 0 Å². The van der Waals surface area contributed by atoms with E-state index in [2.05, 4.69) is 4.98 Å². The number of nitrogens with zero attached hydrogens (tertiary/aromatic N) is 2. The lowest BCUT2D eigenvalue weighted by molar-refractivity contribution is 0.415. The van der Waals surface area contributed by atoms with Gasteiger partial charge in [-0.1, -0.05) is 12.1 Å². The molecule has 0 aliphatic heterocycles. The fraction of sp³-hybridized carbons (Fsp3) is 0.150. The van der Waals surface area contributed by atoms with Crippen molar-refractivity contribution in [2.75, 3.05) is 11.4 Å². The van der Waals surface area contributed by atoms with Crippen LogP contribution in [0, 0.1) is 12.7 Å². The fourth-order valence-corrected chi connectivity index (χ4v) is 4.17. The van der Waals surface area contributed by atoms with Crippen LogP contribution in [0.1, 0.15) is 11.1 Å². The molecule has 0 aliphatic rings. The Kier molecular flexibility index (Phi) is 5.41. The number of sulfonamides is 1. The molecule has 140 valence electrons. The largest absolute Gasteiger partial charge is 0.497 e. The van der Waals surface area contributed by atoms with Crippen LogP contribution in [0.15, 0.2) is 71.9 Å². The maximum absolute atomic E-state index is 13.6. The highest BCUT2D eigenvalue weighted by Gasteiger charge is 2.26. The molecule has 0 radical (unpaired) electrons. The number of halogens is 1. The summed E-state index contributed by atoms with van der Waals surface area (Å²) in [5.41, 5.74) is 1.44. The minimum absolute atomic E-state index is 0.0214. The van der Waals surface area contributed by atoms with Crippen molar-refractivity contribution in [3.05, 3.63) is 83.9 Å². The Morgan fingerprint density at radius 2 is 1.93 bits per heavy atom. The van der Waals surface area contributed by atoms with Gasteiger partial charge in [0.2, 0.25) is 0 Å². The van der Waals surface area contributed by atoms with Crippen LogP contribution in [-0.2, 0) is 16.6 Å². The van der Waals surface area contributed by atoms with Crippen LogP contribution in [0.3, 0.4) is 0 Å². The first-order chi connectivity index (χ1) is 12.9. The van der Waals surface area contributed by atoms with Crippen molar-refractivity contribution in [1.82, 2.24) is 4.98 Å². The van der Waals surface area contributed by atoms with Gasteiger partial charge in [-0.2, -0.15) is 0 Å². The molecule has 1 aromatic heterocycles. The molecule has 0 N–H and O–H groups in total. The Balaban J connectivity index is 2.11. The summed E-state index contributed by atoms with van der Waals surface area (Å²) in [6.45, 7) is 1.62. The normalized spacial score (nSPS) is 11.2. The average Bonchev–Trinajstić information content (AvgIpc) is 2.69. The molecule has 0 bridgehead atoms. The van der Waals surface area contributed by atoms with Crippen molar-refractivity contribution < 1.29 is 17.5 Å². The number of ether oxygens (including phenoxy) is 1. The van der Waals surface area contributed by atoms with Crippen LogP contribution in [0.4, 0.5) is 10.1 Å². The van der Waals surface area contributed by atoms with Gasteiger partial charge in [0.15, 0.2) is 0 Å². The summed E-state index contributed by atoms with van der Waals surface area (Å²) in [4.78, 5) is 4.07. The highest BCUT2D eigenvalue weighted by atomic mass is 32.2. The van der Waals surface area contributed by atoms with Crippen LogP contribution in [0.5, 0.6) is 5.75 Å². The summed E-state index contributed by atoms with van der Waals surface area (Å²) in [6, 6.07) is 14.1. The highest BCUT2D eigenvalue weighted by molar-refractivity contribution is 7.92. The maximum Gasteiger partial charge on any atom is 0.264 e. The molecule has 0 saturated carbocycles. The van der Waals surface area contributed by atoms with E-state index in [9.17, 15) is 12.8 Å². The lowest BCUT2D eigenvalue weighted by Crippen LogP contribution is -2.30. The van der Waals surface area contributed by atoms with Crippen molar-refractivity contribution >= 4 is 15.7 Å². The number of rotatable bonds is 6. The van der Waals surface area contributed by atoms with Crippen LogP contribution >= 0.6 is 0 Å². The number of anilines is 1.